The highest BCUT2D eigenvalue weighted by atomic mass is 16.6. The quantitative estimate of drug-likeness (QED) is 0.658. The summed E-state index contributed by atoms with van der Waals surface area (Å²) in [6, 6.07) is 15.7. The van der Waals surface area contributed by atoms with E-state index in [1.165, 1.54) is 0 Å². The standard InChI is InChI=1S/C24H28N4O3/c1-24(2,3)31-23(29)28-14-13-16(15-28)25-21-17-9-5-7-11-19(17)26-22(27-21)18-10-6-8-12-20(18)30-4/h5-12,16H,13-15H2,1-4H3,(H,25,26,27)/t16-/m0/s1. The van der Waals surface area contributed by atoms with Crippen LogP contribution in [0, 0.1) is 0 Å². The number of aromatic nitrogens is 2. The van der Waals surface area contributed by atoms with Gasteiger partial charge in [0.15, 0.2) is 5.82 Å². The maximum atomic E-state index is 12.4. The van der Waals surface area contributed by atoms with E-state index in [4.69, 9.17) is 19.4 Å². The number of anilines is 1. The molecule has 162 valence electrons. The molecule has 0 aliphatic carbocycles. The smallest absolute Gasteiger partial charge is 0.410 e. The number of ether oxygens (including phenoxy) is 2. The zero-order valence-corrected chi connectivity index (χ0v) is 18.4. The van der Waals surface area contributed by atoms with E-state index < -0.39 is 5.60 Å². The Morgan fingerprint density at radius 2 is 1.84 bits per heavy atom. The number of hydrogen-bond acceptors (Lipinski definition) is 6. The normalized spacial score (nSPS) is 16.4. The lowest BCUT2D eigenvalue weighted by Crippen LogP contribution is -2.36. The Bertz CT molecular complexity index is 1090. The van der Waals surface area contributed by atoms with Gasteiger partial charge >= 0.3 is 6.09 Å². The van der Waals surface area contributed by atoms with Crippen LogP contribution in [0.15, 0.2) is 48.5 Å². The lowest BCUT2D eigenvalue weighted by molar-refractivity contribution is 0.0293. The number of carbonyl (C=O) groups is 1. The third-order valence-corrected chi connectivity index (χ3v) is 5.13. The van der Waals surface area contributed by atoms with E-state index in [0.29, 0.717) is 18.9 Å². The molecule has 1 aliphatic rings. The summed E-state index contributed by atoms with van der Waals surface area (Å²) in [6.07, 6.45) is 0.542. The Labute approximate surface area is 182 Å². The van der Waals surface area contributed by atoms with Crippen LogP contribution in [0.1, 0.15) is 27.2 Å². The number of benzene rings is 2. The van der Waals surface area contributed by atoms with Gasteiger partial charge in [0.1, 0.15) is 17.2 Å². The van der Waals surface area contributed by atoms with Crippen molar-refractivity contribution in [2.45, 2.75) is 38.8 Å². The number of methoxy groups -OCH3 is 1. The van der Waals surface area contributed by atoms with Crippen LogP contribution in [-0.2, 0) is 4.74 Å². The van der Waals surface area contributed by atoms with Crippen LogP contribution in [0.3, 0.4) is 0 Å². The Morgan fingerprint density at radius 1 is 1.10 bits per heavy atom. The molecule has 1 atom stereocenters. The molecule has 31 heavy (non-hydrogen) atoms. The van der Waals surface area contributed by atoms with Crippen LogP contribution < -0.4 is 10.1 Å². The van der Waals surface area contributed by atoms with Crippen LogP contribution in [0.5, 0.6) is 5.75 Å². The van der Waals surface area contributed by atoms with Crippen LogP contribution in [-0.4, -0.2) is 52.8 Å². The summed E-state index contributed by atoms with van der Waals surface area (Å²) in [5.41, 5.74) is 1.18. The van der Waals surface area contributed by atoms with Crippen molar-refractivity contribution in [2.24, 2.45) is 0 Å². The number of nitrogens with zero attached hydrogens (tertiary/aromatic N) is 3. The predicted molar refractivity (Wildman–Crippen MR) is 121 cm³/mol. The van der Waals surface area contributed by atoms with E-state index in [1.54, 1.807) is 12.0 Å². The van der Waals surface area contributed by atoms with Gasteiger partial charge in [0, 0.05) is 24.5 Å². The van der Waals surface area contributed by atoms with E-state index in [9.17, 15) is 4.79 Å². The van der Waals surface area contributed by atoms with Gasteiger partial charge in [-0.15, -0.1) is 0 Å². The second-order valence-electron chi connectivity index (χ2n) is 8.67. The minimum atomic E-state index is -0.505. The zero-order chi connectivity index (χ0) is 22.0. The third-order valence-electron chi connectivity index (χ3n) is 5.13. The van der Waals surface area contributed by atoms with E-state index in [1.807, 2.05) is 69.3 Å². The van der Waals surface area contributed by atoms with Gasteiger partial charge in [0.05, 0.1) is 18.2 Å². The number of rotatable bonds is 4. The highest BCUT2D eigenvalue weighted by Gasteiger charge is 2.30. The second kappa shape index (κ2) is 8.41. The maximum Gasteiger partial charge on any atom is 0.410 e. The van der Waals surface area contributed by atoms with Crippen molar-refractivity contribution in [1.29, 1.82) is 0 Å². The molecule has 1 N–H and O–H groups in total. The van der Waals surface area contributed by atoms with Crippen molar-refractivity contribution in [3.8, 4) is 17.1 Å². The van der Waals surface area contributed by atoms with E-state index in [0.717, 1.165) is 34.5 Å². The monoisotopic (exact) mass is 420 g/mol. The first-order valence-electron chi connectivity index (χ1n) is 10.5. The van der Waals surface area contributed by atoms with Crippen molar-refractivity contribution in [2.75, 3.05) is 25.5 Å². The van der Waals surface area contributed by atoms with E-state index >= 15 is 0 Å². The molecular formula is C24H28N4O3. The van der Waals surface area contributed by atoms with Crippen LogP contribution >= 0.6 is 0 Å². The van der Waals surface area contributed by atoms with Gasteiger partial charge in [0.25, 0.3) is 0 Å². The molecule has 0 spiro atoms. The molecule has 4 rings (SSSR count). The molecule has 2 heterocycles. The number of nitrogens with one attached hydrogen (secondary N) is 1. The lowest BCUT2D eigenvalue weighted by atomic mass is 10.1. The van der Waals surface area contributed by atoms with Crippen molar-refractivity contribution >= 4 is 22.8 Å². The third kappa shape index (κ3) is 4.71. The topological polar surface area (TPSA) is 76.6 Å². The highest BCUT2D eigenvalue weighted by Crippen LogP contribution is 2.31. The fourth-order valence-corrected chi connectivity index (χ4v) is 3.70. The first-order valence-corrected chi connectivity index (χ1v) is 10.5. The molecule has 1 fully saturated rings. The second-order valence-corrected chi connectivity index (χ2v) is 8.67. The molecule has 2 aromatic carbocycles. The summed E-state index contributed by atoms with van der Waals surface area (Å²) < 4.78 is 11.0. The highest BCUT2D eigenvalue weighted by molar-refractivity contribution is 5.91. The van der Waals surface area contributed by atoms with Gasteiger partial charge in [-0.2, -0.15) is 0 Å². The fraction of sp³-hybridized carbons (Fsp3) is 0.375. The molecule has 0 bridgehead atoms. The van der Waals surface area contributed by atoms with Crippen LogP contribution in [0.25, 0.3) is 22.3 Å². The van der Waals surface area contributed by atoms with Crippen molar-refractivity contribution < 1.29 is 14.3 Å². The van der Waals surface area contributed by atoms with Crippen molar-refractivity contribution in [3.63, 3.8) is 0 Å². The van der Waals surface area contributed by atoms with Crippen molar-refractivity contribution in [3.05, 3.63) is 48.5 Å². The number of carbonyl (C=O) groups excluding carboxylic acids is 1. The average molecular weight is 421 g/mol. The molecule has 1 aliphatic heterocycles. The molecule has 1 amide bonds. The van der Waals surface area contributed by atoms with E-state index in [-0.39, 0.29) is 12.1 Å². The molecule has 0 radical (unpaired) electrons. The number of hydrogen-bond donors (Lipinski definition) is 1. The maximum absolute atomic E-state index is 12.4. The van der Waals surface area contributed by atoms with Gasteiger partial charge in [-0.3, -0.25) is 0 Å². The summed E-state index contributed by atoms with van der Waals surface area (Å²) in [7, 11) is 1.64. The number of amides is 1. The van der Waals surface area contributed by atoms with Crippen molar-refractivity contribution in [1.82, 2.24) is 14.9 Å². The van der Waals surface area contributed by atoms with Gasteiger partial charge in [-0.05, 0) is 51.5 Å². The fourth-order valence-electron chi connectivity index (χ4n) is 3.70. The lowest BCUT2D eigenvalue weighted by Gasteiger charge is -2.24. The first kappa shape index (κ1) is 20.9. The van der Waals surface area contributed by atoms with E-state index in [2.05, 4.69) is 5.32 Å². The van der Waals surface area contributed by atoms with Gasteiger partial charge in [-0.1, -0.05) is 24.3 Å². The number of fused-ring (bicyclic) bond motifs is 1. The Hall–Kier alpha value is -3.35. The van der Waals surface area contributed by atoms with Gasteiger partial charge < -0.3 is 19.7 Å². The molecule has 0 unspecified atom stereocenters. The largest absolute Gasteiger partial charge is 0.496 e. The molecule has 1 saturated heterocycles. The summed E-state index contributed by atoms with van der Waals surface area (Å²) >= 11 is 0. The van der Waals surface area contributed by atoms with Crippen LogP contribution in [0.2, 0.25) is 0 Å². The molecule has 7 heteroatoms. The summed E-state index contributed by atoms with van der Waals surface area (Å²) in [5.74, 6) is 2.07. The molecule has 3 aromatic rings. The number of likely N-dealkylation sites (tertiary alicyclic amines) is 1. The molecule has 1 aromatic heterocycles. The summed E-state index contributed by atoms with van der Waals surface area (Å²) in [4.78, 5) is 23.8. The SMILES string of the molecule is COc1ccccc1-c1nc(N[C@H]2CCN(C(=O)OC(C)(C)C)C2)c2ccccc2n1. The average Bonchev–Trinajstić information content (AvgIpc) is 3.21. The molecular weight excluding hydrogens is 392 g/mol. The Morgan fingerprint density at radius 3 is 2.61 bits per heavy atom. The Balaban J connectivity index is 1.61. The van der Waals surface area contributed by atoms with Gasteiger partial charge in [-0.25, -0.2) is 14.8 Å². The predicted octanol–water partition coefficient (Wildman–Crippen LogP) is 4.73. The van der Waals surface area contributed by atoms with Gasteiger partial charge in [0.2, 0.25) is 0 Å². The zero-order valence-electron chi connectivity index (χ0n) is 18.4. The summed E-state index contributed by atoms with van der Waals surface area (Å²) in [6.45, 7) is 6.85. The molecule has 0 saturated carbocycles. The summed E-state index contributed by atoms with van der Waals surface area (Å²) in [5, 5.41) is 4.48. The minimum Gasteiger partial charge on any atom is -0.496 e. The minimum absolute atomic E-state index is 0.0799. The Kier molecular flexibility index (Phi) is 5.67. The molecule has 7 nitrogen and oxygen atoms in total. The first-order chi connectivity index (χ1) is 14.8. The van der Waals surface area contributed by atoms with Crippen LogP contribution in [0.4, 0.5) is 10.6 Å². The number of para-hydroxylation sites is 2.